The normalized spacial score (nSPS) is 19.9. The van der Waals surface area contributed by atoms with Crippen LogP contribution in [0.1, 0.15) is 24.8 Å². The van der Waals surface area contributed by atoms with Crippen molar-refractivity contribution in [2.75, 3.05) is 19.8 Å². The third-order valence-corrected chi connectivity index (χ3v) is 4.40. The number of benzene rings is 1. The average Bonchev–Trinajstić information content (AvgIpc) is 2.45. The van der Waals surface area contributed by atoms with Crippen LogP contribution >= 0.6 is 0 Å². The summed E-state index contributed by atoms with van der Waals surface area (Å²) >= 11 is 0. The van der Waals surface area contributed by atoms with Gasteiger partial charge in [-0.3, -0.25) is 4.18 Å². The Hall–Kier alpha value is -0.950. The minimum Gasteiger partial charge on any atom is -0.353 e. The highest BCUT2D eigenvalue weighted by atomic mass is 32.2. The minimum absolute atomic E-state index is 0.00390. The van der Waals surface area contributed by atoms with Gasteiger partial charge < -0.3 is 9.47 Å². The summed E-state index contributed by atoms with van der Waals surface area (Å²) in [6.07, 6.45) is 2.75. The fraction of sp³-hybridized carbons (Fsp3) is 0.571. The van der Waals surface area contributed by atoms with E-state index < -0.39 is 10.1 Å². The van der Waals surface area contributed by atoms with Crippen LogP contribution in [0.15, 0.2) is 29.2 Å². The molecule has 1 fully saturated rings. The van der Waals surface area contributed by atoms with Crippen LogP contribution in [0, 0.1) is 6.92 Å². The molecule has 0 unspecified atom stereocenters. The Morgan fingerprint density at radius 1 is 1.20 bits per heavy atom. The van der Waals surface area contributed by atoms with Crippen LogP contribution in [-0.2, 0) is 23.8 Å². The Balaban J connectivity index is 1.76. The molecular weight excluding hydrogens is 280 g/mol. The van der Waals surface area contributed by atoms with Gasteiger partial charge in [-0.05, 0) is 38.3 Å². The zero-order valence-corrected chi connectivity index (χ0v) is 12.4. The number of rotatable bonds is 6. The van der Waals surface area contributed by atoms with Crippen LogP contribution in [0.5, 0.6) is 0 Å². The summed E-state index contributed by atoms with van der Waals surface area (Å²) in [5, 5.41) is 0. The van der Waals surface area contributed by atoms with E-state index in [1.165, 1.54) is 12.1 Å². The average molecular weight is 300 g/mol. The maximum atomic E-state index is 11.9. The summed E-state index contributed by atoms with van der Waals surface area (Å²) in [7, 11) is -3.70. The first-order chi connectivity index (χ1) is 9.58. The van der Waals surface area contributed by atoms with Crippen molar-refractivity contribution in [3.8, 4) is 0 Å². The molecule has 5 nitrogen and oxygen atoms in total. The Labute approximate surface area is 120 Å². The van der Waals surface area contributed by atoms with E-state index in [4.69, 9.17) is 13.7 Å². The van der Waals surface area contributed by atoms with Crippen molar-refractivity contribution in [1.29, 1.82) is 0 Å². The number of ether oxygens (including phenoxy) is 2. The molecule has 20 heavy (non-hydrogen) atoms. The van der Waals surface area contributed by atoms with E-state index in [-0.39, 0.29) is 24.4 Å². The topological polar surface area (TPSA) is 61.8 Å². The van der Waals surface area contributed by atoms with Crippen molar-refractivity contribution in [2.24, 2.45) is 0 Å². The minimum atomic E-state index is -3.70. The Bertz CT molecular complexity index is 503. The number of aryl methyl sites for hydroxylation is 1. The summed E-state index contributed by atoms with van der Waals surface area (Å²) in [6.45, 7) is 2.80. The molecule has 0 radical (unpaired) electrons. The lowest BCUT2D eigenvalue weighted by molar-refractivity contribution is -0.165. The molecule has 1 aromatic carbocycles. The molecule has 6 heteroatoms. The van der Waals surface area contributed by atoms with Gasteiger partial charge in [-0.1, -0.05) is 17.7 Å². The second-order valence-electron chi connectivity index (χ2n) is 4.76. The molecule has 0 aliphatic carbocycles. The molecule has 0 amide bonds. The van der Waals surface area contributed by atoms with Crippen LogP contribution < -0.4 is 0 Å². The Kier molecular flexibility index (Phi) is 5.54. The van der Waals surface area contributed by atoms with Crippen molar-refractivity contribution in [2.45, 2.75) is 37.4 Å². The molecule has 0 bridgehead atoms. The lowest BCUT2D eigenvalue weighted by Gasteiger charge is -2.22. The molecule has 2 rings (SSSR count). The van der Waals surface area contributed by atoms with Crippen molar-refractivity contribution < 1.29 is 22.1 Å². The van der Waals surface area contributed by atoms with Crippen LogP contribution in [0.2, 0.25) is 0 Å². The lowest BCUT2D eigenvalue weighted by Crippen LogP contribution is -2.24. The smallest absolute Gasteiger partial charge is 0.297 e. The van der Waals surface area contributed by atoms with Crippen molar-refractivity contribution in [3.63, 3.8) is 0 Å². The van der Waals surface area contributed by atoms with Crippen molar-refractivity contribution in [3.05, 3.63) is 29.8 Å². The summed E-state index contributed by atoms with van der Waals surface area (Å²) in [5.74, 6) is 0. The highest BCUT2D eigenvalue weighted by molar-refractivity contribution is 7.86. The zero-order chi connectivity index (χ0) is 14.4. The van der Waals surface area contributed by atoms with Crippen molar-refractivity contribution >= 4 is 10.1 Å². The van der Waals surface area contributed by atoms with Crippen LogP contribution in [0.3, 0.4) is 0 Å². The van der Waals surface area contributed by atoms with Gasteiger partial charge >= 0.3 is 0 Å². The summed E-state index contributed by atoms with van der Waals surface area (Å²) in [6, 6.07) is 6.55. The largest absolute Gasteiger partial charge is 0.353 e. The second kappa shape index (κ2) is 7.17. The van der Waals surface area contributed by atoms with E-state index in [1.807, 2.05) is 6.92 Å². The van der Waals surface area contributed by atoms with Gasteiger partial charge in [-0.25, -0.2) is 0 Å². The van der Waals surface area contributed by atoms with Gasteiger partial charge in [0.2, 0.25) is 0 Å². The molecule has 0 aromatic heterocycles. The molecule has 1 aromatic rings. The van der Waals surface area contributed by atoms with Gasteiger partial charge in [0.15, 0.2) is 6.29 Å². The fourth-order valence-electron chi connectivity index (χ4n) is 1.94. The highest BCUT2D eigenvalue weighted by Gasteiger charge is 2.16. The predicted molar refractivity (Wildman–Crippen MR) is 73.9 cm³/mol. The summed E-state index contributed by atoms with van der Waals surface area (Å²) in [5.41, 5.74) is 1.00. The monoisotopic (exact) mass is 300 g/mol. The first kappa shape index (κ1) is 15.4. The van der Waals surface area contributed by atoms with E-state index in [0.29, 0.717) is 6.61 Å². The SMILES string of the molecule is Cc1ccc(S(=O)(=O)OCCO[C@H]2CCCCO2)cc1. The van der Waals surface area contributed by atoms with E-state index in [2.05, 4.69) is 0 Å². The first-order valence-electron chi connectivity index (χ1n) is 6.77. The molecule has 0 saturated carbocycles. The number of hydrogen-bond donors (Lipinski definition) is 0. The maximum Gasteiger partial charge on any atom is 0.297 e. The molecule has 0 spiro atoms. The Morgan fingerprint density at radius 3 is 2.60 bits per heavy atom. The molecule has 1 aliphatic heterocycles. The summed E-state index contributed by atoms with van der Waals surface area (Å²) in [4.78, 5) is 0.164. The zero-order valence-electron chi connectivity index (χ0n) is 11.6. The van der Waals surface area contributed by atoms with Crippen LogP contribution in [0.25, 0.3) is 0 Å². The van der Waals surface area contributed by atoms with Crippen molar-refractivity contribution in [1.82, 2.24) is 0 Å². The predicted octanol–water partition coefficient (Wildman–Crippen LogP) is 2.24. The first-order valence-corrected chi connectivity index (χ1v) is 8.18. The highest BCUT2D eigenvalue weighted by Crippen LogP contribution is 2.15. The number of hydrogen-bond acceptors (Lipinski definition) is 5. The van der Waals surface area contributed by atoms with Gasteiger partial charge in [0.25, 0.3) is 10.1 Å². The maximum absolute atomic E-state index is 11.9. The lowest BCUT2D eigenvalue weighted by atomic mass is 10.2. The van der Waals surface area contributed by atoms with E-state index in [1.54, 1.807) is 12.1 Å². The van der Waals surface area contributed by atoms with Gasteiger partial charge in [0.05, 0.1) is 18.1 Å². The quantitative estimate of drug-likeness (QED) is 0.595. The molecule has 1 saturated heterocycles. The second-order valence-corrected chi connectivity index (χ2v) is 6.37. The third kappa shape index (κ3) is 4.56. The van der Waals surface area contributed by atoms with E-state index in [9.17, 15) is 8.42 Å². The molecule has 0 N–H and O–H groups in total. The molecule has 1 atom stereocenters. The molecular formula is C14H20O5S. The fourth-order valence-corrected chi connectivity index (χ4v) is 2.83. The Morgan fingerprint density at radius 2 is 1.95 bits per heavy atom. The molecule has 112 valence electrons. The van der Waals surface area contributed by atoms with Gasteiger partial charge in [0.1, 0.15) is 0 Å². The molecule has 1 heterocycles. The van der Waals surface area contributed by atoms with Gasteiger partial charge in [-0.15, -0.1) is 0 Å². The molecule has 1 aliphatic rings. The van der Waals surface area contributed by atoms with Crippen LogP contribution in [0.4, 0.5) is 0 Å². The standard InChI is InChI=1S/C14H20O5S/c1-12-5-7-13(8-6-12)20(15,16)19-11-10-18-14-4-2-3-9-17-14/h5-8,14H,2-4,9-11H2,1H3/t14-/m0/s1. The summed E-state index contributed by atoms with van der Waals surface area (Å²) < 4.78 is 39.5. The van der Waals surface area contributed by atoms with E-state index >= 15 is 0 Å². The van der Waals surface area contributed by atoms with Gasteiger partial charge in [-0.2, -0.15) is 8.42 Å². The third-order valence-electron chi connectivity index (χ3n) is 3.07. The van der Waals surface area contributed by atoms with Gasteiger partial charge in [0, 0.05) is 6.61 Å². The van der Waals surface area contributed by atoms with E-state index in [0.717, 1.165) is 24.8 Å². The van der Waals surface area contributed by atoms with Crippen LogP contribution in [-0.4, -0.2) is 34.5 Å².